The van der Waals surface area contributed by atoms with Crippen LogP contribution >= 0.6 is 23.4 Å². The highest BCUT2D eigenvalue weighted by Gasteiger charge is 2.38. The van der Waals surface area contributed by atoms with Crippen molar-refractivity contribution in [3.8, 4) is 5.75 Å². The number of ether oxygens (including phenoxy) is 1. The molecular weight excluding hydrogens is 476 g/mol. The smallest absolute Gasteiger partial charge is 0.343 e. The Labute approximate surface area is 191 Å². The average Bonchev–Trinajstić information content (AvgIpc) is 3.17. The lowest BCUT2D eigenvalue weighted by molar-refractivity contribution is -0.114. The number of carbonyl (C=O) groups excluding carboxylic acids is 2. The summed E-state index contributed by atoms with van der Waals surface area (Å²) in [7, 11) is -3.60. The zero-order chi connectivity index (χ0) is 23.0. The van der Waals surface area contributed by atoms with E-state index in [2.05, 4.69) is 10.1 Å². The third kappa shape index (κ3) is 4.49. The Balaban J connectivity index is 1.52. The predicted octanol–water partition coefficient (Wildman–Crippen LogP) is 3.18. The summed E-state index contributed by atoms with van der Waals surface area (Å²) in [6.45, 7) is 0. The molecule has 32 heavy (non-hydrogen) atoms. The molecule has 4 rings (SSSR count). The van der Waals surface area contributed by atoms with Crippen molar-refractivity contribution in [3.05, 3.63) is 70.3 Å². The van der Waals surface area contributed by atoms with Crippen molar-refractivity contribution in [1.82, 2.24) is 5.01 Å². The molecule has 0 atom stereocenters. The third-order valence-electron chi connectivity index (χ3n) is 4.23. The highest BCUT2D eigenvalue weighted by Crippen LogP contribution is 2.30. The first-order valence-electron chi connectivity index (χ1n) is 8.90. The fraction of sp³-hybridized carbons (Fsp3) is 0.0500. The number of amidine groups is 2. The quantitative estimate of drug-likeness (QED) is 0.399. The van der Waals surface area contributed by atoms with Crippen molar-refractivity contribution in [2.24, 2.45) is 10.1 Å². The zero-order valence-corrected chi connectivity index (χ0v) is 18.7. The van der Waals surface area contributed by atoms with E-state index in [0.29, 0.717) is 16.1 Å². The summed E-state index contributed by atoms with van der Waals surface area (Å²) in [6, 6.07) is 12.5. The van der Waals surface area contributed by atoms with Crippen LogP contribution in [-0.2, 0) is 14.6 Å². The van der Waals surface area contributed by atoms with Gasteiger partial charge >= 0.3 is 5.97 Å². The van der Waals surface area contributed by atoms with Crippen LogP contribution in [0.2, 0.25) is 5.02 Å². The normalized spacial score (nSPS) is 17.2. The van der Waals surface area contributed by atoms with E-state index in [0.717, 1.165) is 23.0 Å². The molecule has 1 amide bonds. The monoisotopic (exact) mass is 488 g/mol. The Morgan fingerprint density at radius 1 is 1.16 bits per heavy atom. The molecule has 0 saturated carbocycles. The van der Waals surface area contributed by atoms with Gasteiger partial charge in [0.2, 0.25) is 19.4 Å². The van der Waals surface area contributed by atoms with Gasteiger partial charge < -0.3 is 4.74 Å². The number of carbonyl (C=O) groups is 2. The van der Waals surface area contributed by atoms with Crippen LogP contribution < -0.4 is 4.74 Å². The van der Waals surface area contributed by atoms with Crippen LogP contribution in [0.1, 0.15) is 15.9 Å². The lowest BCUT2D eigenvalue weighted by Crippen LogP contribution is -2.35. The van der Waals surface area contributed by atoms with E-state index in [9.17, 15) is 18.0 Å². The minimum absolute atomic E-state index is 0.0158. The van der Waals surface area contributed by atoms with Gasteiger partial charge in [-0.2, -0.15) is 10.0 Å². The number of fused-ring (bicyclic) bond motifs is 1. The van der Waals surface area contributed by atoms with Gasteiger partial charge in [-0.1, -0.05) is 23.7 Å². The van der Waals surface area contributed by atoms with Gasteiger partial charge in [-0.25, -0.2) is 13.2 Å². The minimum Gasteiger partial charge on any atom is -0.423 e. The average molecular weight is 489 g/mol. The predicted molar refractivity (Wildman–Crippen MR) is 123 cm³/mol. The van der Waals surface area contributed by atoms with E-state index < -0.39 is 21.7 Å². The SMILES string of the molecule is CS(=O)(=O)C1=NN2C(=N)/C(=C\c3ccc(OC(=O)c4ccc(Cl)cc4)cc3)C(=O)N=C2S1. The molecule has 2 heterocycles. The molecule has 0 spiro atoms. The molecule has 0 aromatic heterocycles. The fourth-order valence-corrected chi connectivity index (χ4v) is 4.49. The first-order chi connectivity index (χ1) is 15.1. The largest absolute Gasteiger partial charge is 0.423 e. The summed E-state index contributed by atoms with van der Waals surface area (Å²) in [5, 5.41) is 13.7. The van der Waals surface area contributed by atoms with Gasteiger partial charge in [0, 0.05) is 11.3 Å². The molecule has 2 aliphatic rings. The summed E-state index contributed by atoms with van der Waals surface area (Å²) in [5.74, 6) is -1.23. The molecule has 0 saturated heterocycles. The molecule has 0 unspecified atom stereocenters. The molecule has 2 aromatic rings. The number of halogens is 1. The molecule has 2 aromatic carbocycles. The molecule has 2 aliphatic heterocycles. The number of benzene rings is 2. The summed E-state index contributed by atoms with van der Waals surface area (Å²) in [5.41, 5.74) is 0.828. The minimum atomic E-state index is -3.60. The molecule has 0 radical (unpaired) electrons. The Kier molecular flexibility index (Phi) is 5.71. The first kappa shape index (κ1) is 21.9. The first-order valence-corrected chi connectivity index (χ1v) is 12.0. The van der Waals surface area contributed by atoms with Crippen LogP contribution in [0.15, 0.2) is 64.2 Å². The topological polar surface area (TPSA) is 129 Å². The lowest BCUT2D eigenvalue weighted by Gasteiger charge is -2.20. The van der Waals surface area contributed by atoms with Crippen molar-refractivity contribution in [2.45, 2.75) is 0 Å². The standard InChI is InChI=1S/C20H13ClN4O5S2/c1-32(28,29)20-24-25-16(22)15(17(26)23-19(25)31-20)10-11-2-8-14(9-3-11)30-18(27)12-4-6-13(21)7-5-12/h2-10,22H,1H3/b15-10+,22-16?. The number of hydrogen-bond donors (Lipinski definition) is 1. The molecule has 0 aliphatic carbocycles. The van der Waals surface area contributed by atoms with Gasteiger partial charge in [-0.3, -0.25) is 10.2 Å². The highest BCUT2D eigenvalue weighted by molar-refractivity contribution is 8.42. The number of thioether (sulfide) groups is 1. The van der Waals surface area contributed by atoms with Gasteiger partial charge in [-0.05, 0) is 59.8 Å². The van der Waals surface area contributed by atoms with Crippen molar-refractivity contribution >= 4 is 66.5 Å². The number of amides is 1. The van der Waals surface area contributed by atoms with Crippen LogP contribution in [0, 0.1) is 5.41 Å². The Morgan fingerprint density at radius 2 is 1.81 bits per heavy atom. The van der Waals surface area contributed by atoms with E-state index in [-0.39, 0.29) is 26.7 Å². The number of nitrogens with zero attached hydrogens (tertiary/aromatic N) is 3. The van der Waals surface area contributed by atoms with Gasteiger partial charge in [0.15, 0.2) is 5.84 Å². The molecule has 9 nitrogen and oxygen atoms in total. The van der Waals surface area contributed by atoms with Crippen LogP contribution in [0.5, 0.6) is 5.75 Å². The Bertz CT molecular complexity index is 1350. The van der Waals surface area contributed by atoms with Crippen molar-refractivity contribution in [2.75, 3.05) is 6.26 Å². The van der Waals surface area contributed by atoms with Crippen LogP contribution in [0.25, 0.3) is 6.08 Å². The second-order valence-electron chi connectivity index (χ2n) is 6.62. The summed E-state index contributed by atoms with van der Waals surface area (Å²) >= 11 is 6.53. The Hall–Kier alpha value is -3.28. The lowest BCUT2D eigenvalue weighted by atomic mass is 10.1. The number of sulfone groups is 1. The fourth-order valence-electron chi connectivity index (χ4n) is 2.68. The summed E-state index contributed by atoms with van der Waals surface area (Å²) < 4.78 is 28.5. The highest BCUT2D eigenvalue weighted by atomic mass is 35.5. The van der Waals surface area contributed by atoms with E-state index in [4.69, 9.17) is 21.7 Å². The number of rotatable bonds is 3. The maximum atomic E-state index is 12.4. The second-order valence-corrected chi connectivity index (χ2v) is 10.2. The van der Waals surface area contributed by atoms with Crippen LogP contribution in [-0.4, -0.2) is 46.9 Å². The number of nitrogens with one attached hydrogen (secondary N) is 1. The van der Waals surface area contributed by atoms with Crippen molar-refractivity contribution in [1.29, 1.82) is 5.41 Å². The zero-order valence-electron chi connectivity index (χ0n) is 16.3. The van der Waals surface area contributed by atoms with E-state index in [1.54, 1.807) is 36.4 Å². The molecule has 1 N–H and O–H groups in total. The number of hydrogen-bond acceptors (Lipinski definition) is 8. The second kappa shape index (κ2) is 8.34. The van der Waals surface area contributed by atoms with E-state index in [1.807, 2.05) is 0 Å². The molecule has 0 bridgehead atoms. The third-order valence-corrected chi connectivity index (χ3v) is 7.06. The van der Waals surface area contributed by atoms with Crippen LogP contribution in [0.3, 0.4) is 0 Å². The van der Waals surface area contributed by atoms with Crippen LogP contribution in [0.4, 0.5) is 0 Å². The maximum absolute atomic E-state index is 12.4. The van der Waals surface area contributed by atoms with Gasteiger partial charge in [-0.15, -0.1) is 5.10 Å². The number of esters is 1. The number of aliphatic imine (C=N–C) groups is 1. The number of hydrazone groups is 1. The Morgan fingerprint density at radius 3 is 2.44 bits per heavy atom. The van der Waals surface area contributed by atoms with E-state index in [1.165, 1.54) is 18.2 Å². The molecule has 162 valence electrons. The molecule has 12 heteroatoms. The summed E-state index contributed by atoms with van der Waals surface area (Å²) in [6.07, 6.45) is 2.41. The maximum Gasteiger partial charge on any atom is 0.343 e. The molecular formula is C20H13ClN4O5S2. The van der Waals surface area contributed by atoms with E-state index >= 15 is 0 Å². The van der Waals surface area contributed by atoms with Crippen molar-refractivity contribution in [3.63, 3.8) is 0 Å². The van der Waals surface area contributed by atoms with Crippen molar-refractivity contribution < 1.29 is 22.7 Å². The van der Waals surface area contributed by atoms with Gasteiger partial charge in [0.25, 0.3) is 5.91 Å². The van der Waals surface area contributed by atoms with Gasteiger partial charge in [0.1, 0.15) is 5.75 Å². The molecule has 0 fully saturated rings. The van der Waals surface area contributed by atoms with Gasteiger partial charge in [0.05, 0.1) is 11.1 Å². The summed E-state index contributed by atoms with van der Waals surface area (Å²) in [4.78, 5) is 28.4.